The van der Waals surface area contributed by atoms with E-state index in [-0.39, 0.29) is 0 Å². The summed E-state index contributed by atoms with van der Waals surface area (Å²) in [6.45, 7) is 4.74. The number of hydrogen-bond donors (Lipinski definition) is 1. The maximum atomic E-state index is 3.13. The molecule has 1 fully saturated rings. The summed E-state index contributed by atoms with van der Waals surface area (Å²) in [5.41, 5.74) is 0.359. The SMILES string of the molecule is CC1CCCC(C)([n+]2cc[nH]c2)C1. The largest absolute Gasteiger partial charge is 0.250 e. The topological polar surface area (TPSA) is 19.7 Å². The third-order valence-electron chi connectivity index (χ3n) is 3.37. The monoisotopic (exact) mass is 179 g/mol. The summed E-state index contributed by atoms with van der Waals surface area (Å²) < 4.78 is 2.34. The minimum Gasteiger partial charge on any atom is -0.250 e. The molecular formula is C11H19N2+. The standard InChI is InChI=1S/C11H18N2/c1-10-4-3-5-11(2,8-10)13-7-6-12-9-13/h6-7,9-10H,3-5,8H2,1-2H3/p+1. The van der Waals surface area contributed by atoms with Crippen LogP contribution in [0, 0.1) is 5.92 Å². The van der Waals surface area contributed by atoms with E-state index in [0.717, 1.165) is 5.92 Å². The smallest absolute Gasteiger partial charge is 0.241 e. The fourth-order valence-electron chi connectivity index (χ4n) is 2.65. The van der Waals surface area contributed by atoms with E-state index >= 15 is 0 Å². The van der Waals surface area contributed by atoms with Crippen LogP contribution < -0.4 is 4.57 Å². The third-order valence-corrected chi connectivity index (χ3v) is 3.37. The quantitative estimate of drug-likeness (QED) is 0.638. The molecule has 0 bridgehead atoms. The van der Waals surface area contributed by atoms with Crippen molar-refractivity contribution in [2.75, 3.05) is 0 Å². The zero-order chi connectivity index (χ0) is 9.31. The number of nitrogens with zero attached hydrogens (tertiary/aromatic N) is 1. The molecule has 0 aromatic carbocycles. The first-order chi connectivity index (χ1) is 6.21. The number of H-pyrrole nitrogens is 1. The number of hydrogen-bond acceptors (Lipinski definition) is 0. The van der Waals surface area contributed by atoms with Gasteiger partial charge in [0.05, 0.1) is 0 Å². The van der Waals surface area contributed by atoms with Crippen LogP contribution in [0.4, 0.5) is 0 Å². The molecule has 0 saturated heterocycles. The van der Waals surface area contributed by atoms with Gasteiger partial charge < -0.3 is 0 Å². The summed E-state index contributed by atoms with van der Waals surface area (Å²) >= 11 is 0. The first kappa shape index (κ1) is 8.79. The second-order valence-electron chi connectivity index (χ2n) is 4.72. The second-order valence-corrected chi connectivity index (χ2v) is 4.72. The maximum Gasteiger partial charge on any atom is 0.241 e. The van der Waals surface area contributed by atoms with Crippen molar-refractivity contribution in [2.24, 2.45) is 5.92 Å². The fourth-order valence-corrected chi connectivity index (χ4v) is 2.65. The van der Waals surface area contributed by atoms with E-state index in [1.807, 2.05) is 6.20 Å². The molecule has 2 rings (SSSR count). The van der Waals surface area contributed by atoms with Crippen molar-refractivity contribution in [1.82, 2.24) is 4.98 Å². The average Bonchev–Trinajstić information content (AvgIpc) is 2.55. The van der Waals surface area contributed by atoms with Gasteiger partial charge in [-0.05, 0) is 32.1 Å². The lowest BCUT2D eigenvalue weighted by Crippen LogP contribution is -2.54. The van der Waals surface area contributed by atoms with E-state index in [1.54, 1.807) is 0 Å². The van der Waals surface area contributed by atoms with Crippen LogP contribution in [0.5, 0.6) is 0 Å². The average molecular weight is 179 g/mol. The highest BCUT2D eigenvalue weighted by molar-refractivity contribution is 4.77. The normalized spacial score (nSPS) is 34.8. The van der Waals surface area contributed by atoms with Crippen molar-refractivity contribution in [3.8, 4) is 0 Å². The van der Waals surface area contributed by atoms with E-state index < -0.39 is 0 Å². The summed E-state index contributed by atoms with van der Waals surface area (Å²) in [7, 11) is 0. The van der Waals surface area contributed by atoms with Crippen molar-refractivity contribution in [3.05, 3.63) is 18.7 Å². The Morgan fingerprint density at radius 3 is 3.00 bits per heavy atom. The summed E-state index contributed by atoms with van der Waals surface area (Å²) in [5.74, 6) is 0.876. The Morgan fingerprint density at radius 1 is 1.54 bits per heavy atom. The summed E-state index contributed by atoms with van der Waals surface area (Å²) in [4.78, 5) is 3.13. The van der Waals surface area contributed by atoms with Gasteiger partial charge >= 0.3 is 0 Å². The summed E-state index contributed by atoms with van der Waals surface area (Å²) in [5, 5.41) is 0. The van der Waals surface area contributed by atoms with Gasteiger partial charge in [-0.1, -0.05) is 13.3 Å². The molecule has 1 aliphatic rings. The first-order valence-corrected chi connectivity index (χ1v) is 5.25. The van der Waals surface area contributed by atoms with E-state index in [4.69, 9.17) is 0 Å². The van der Waals surface area contributed by atoms with Crippen molar-refractivity contribution in [3.63, 3.8) is 0 Å². The Labute approximate surface area is 80.0 Å². The number of aromatic nitrogens is 2. The Morgan fingerprint density at radius 2 is 2.38 bits per heavy atom. The van der Waals surface area contributed by atoms with Gasteiger partial charge in [0.25, 0.3) is 0 Å². The number of rotatable bonds is 1. The molecule has 0 spiro atoms. The van der Waals surface area contributed by atoms with E-state index in [1.165, 1.54) is 25.7 Å². The van der Waals surface area contributed by atoms with Crippen molar-refractivity contribution < 1.29 is 4.57 Å². The number of aromatic amines is 1. The number of imidazole rings is 1. The highest BCUT2D eigenvalue weighted by Gasteiger charge is 2.35. The molecule has 2 heteroatoms. The van der Waals surface area contributed by atoms with Gasteiger partial charge in [-0.15, -0.1) is 0 Å². The first-order valence-electron chi connectivity index (χ1n) is 5.25. The molecule has 1 saturated carbocycles. The Balaban J connectivity index is 2.20. The van der Waals surface area contributed by atoms with E-state index in [9.17, 15) is 0 Å². The lowest BCUT2D eigenvalue weighted by molar-refractivity contribution is -0.764. The highest BCUT2D eigenvalue weighted by Crippen LogP contribution is 2.33. The van der Waals surface area contributed by atoms with Gasteiger partial charge in [0, 0.05) is 0 Å². The van der Waals surface area contributed by atoms with Crippen molar-refractivity contribution in [1.29, 1.82) is 0 Å². The Bertz CT molecular complexity index is 266. The molecule has 1 N–H and O–H groups in total. The zero-order valence-corrected chi connectivity index (χ0v) is 8.59. The molecule has 1 aromatic heterocycles. The molecule has 2 nitrogen and oxygen atoms in total. The van der Waals surface area contributed by atoms with Gasteiger partial charge in [-0.2, -0.15) is 0 Å². The minimum absolute atomic E-state index is 0.359. The molecule has 1 heterocycles. The Hall–Kier alpha value is -0.790. The molecule has 72 valence electrons. The highest BCUT2D eigenvalue weighted by atomic mass is 15.1. The van der Waals surface area contributed by atoms with E-state index in [0.29, 0.717) is 5.54 Å². The van der Waals surface area contributed by atoms with Gasteiger partial charge in [-0.25, -0.2) is 4.57 Å². The predicted molar refractivity (Wildman–Crippen MR) is 52.3 cm³/mol. The van der Waals surface area contributed by atoms with Gasteiger partial charge in [0.15, 0.2) is 0 Å². The van der Waals surface area contributed by atoms with Crippen LogP contribution in [0.15, 0.2) is 18.7 Å². The summed E-state index contributed by atoms with van der Waals surface area (Å²) in [6, 6.07) is 0. The van der Waals surface area contributed by atoms with Crippen LogP contribution in [-0.2, 0) is 5.54 Å². The van der Waals surface area contributed by atoms with Crippen molar-refractivity contribution >= 4 is 0 Å². The Kier molecular flexibility index (Phi) is 2.14. The van der Waals surface area contributed by atoms with Crippen molar-refractivity contribution in [2.45, 2.75) is 45.1 Å². The van der Waals surface area contributed by atoms with Gasteiger partial charge in [-0.3, -0.25) is 4.98 Å². The maximum absolute atomic E-state index is 3.13. The zero-order valence-electron chi connectivity index (χ0n) is 8.59. The molecule has 0 amide bonds. The second kappa shape index (κ2) is 3.17. The lowest BCUT2D eigenvalue weighted by atomic mass is 9.77. The summed E-state index contributed by atoms with van der Waals surface area (Å²) in [6.07, 6.45) is 11.6. The third kappa shape index (κ3) is 1.62. The molecular weight excluding hydrogens is 160 g/mol. The molecule has 2 atom stereocenters. The molecule has 13 heavy (non-hydrogen) atoms. The van der Waals surface area contributed by atoms with Crippen LogP contribution in [0.1, 0.15) is 39.5 Å². The van der Waals surface area contributed by atoms with Gasteiger partial charge in [0.2, 0.25) is 6.33 Å². The lowest BCUT2D eigenvalue weighted by Gasteiger charge is -2.33. The molecule has 1 aromatic rings. The molecule has 0 aliphatic heterocycles. The van der Waals surface area contributed by atoms with Crippen LogP contribution in [0.2, 0.25) is 0 Å². The minimum atomic E-state index is 0.359. The predicted octanol–water partition coefficient (Wildman–Crippen LogP) is 2.23. The van der Waals surface area contributed by atoms with E-state index in [2.05, 4.69) is 35.9 Å². The number of nitrogens with one attached hydrogen (secondary N) is 1. The fraction of sp³-hybridized carbons (Fsp3) is 0.727. The van der Waals surface area contributed by atoms with Crippen LogP contribution in [0.3, 0.4) is 0 Å². The van der Waals surface area contributed by atoms with Crippen LogP contribution in [0.25, 0.3) is 0 Å². The molecule has 2 unspecified atom stereocenters. The van der Waals surface area contributed by atoms with Crippen LogP contribution >= 0.6 is 0 Å². The molecule has 0 radical (unpaired) electrons. The van der Waals surface area contributed by atoms with Crippen LogP contribution in [-0.4, -0.2) is 4.98 Å². The van der Waals surface area contributed by atoms with Gasteiger partial charge in [0.1, 0.15) is 17.9 Å². The molecule has 1 aliphatic carbocycles.